The number of carbonyl (C=O) groups is 2. The summed E-state index contributed by atoms with van der Waals surface area (Å²) >= 11 is 6.01. The molecule has 0 fully saturated rings. The molecule has 0 radical (unpaired) electrons. The van der Waals surface area contributed by atoms with Crippen LogP contribution in [0.2, 0.25) is 5.02 Å². The van der Waals surface area contributed by atoms with E-state index in [4.69, 9.17) is 21.4 Å². The SMILES string of the molecule is Cc1nn(C)c(=O)c(C(=O)Nc2ccc(OCC(=O)O)c(Cl)c2)c1C. The van der Waals surface area contributed by atoms with E-state index in [1.54, 1.807) is 13.8 Å². The average molecular weight is 366 g/mol. The number of anilines is 1. The summed E-state index contributed by atoms with van der Waals surface area (Å²) in [5.41, 5.74) is 0.898. The van der Waals surface area contributed by atoms with Gasteiger partial charge in [-0.2, -0.15) is 5.10 Å². The standard InChI is InChI=1S/C16H16ClN3O5/c1-8-9(2)19-20(3)16(24)14(8)15(23)18-10-4-5-12(11(17)6-10)25-7-13(21)22/h4-6H,7H2,1-3H3,(H,18,23)(H,21,22). The van der Waals surface area contributed by atoms with Crippen molar-refractivity contribution in [3.05, 3.63) is 50.4 Å². The minimum atomic E-state index is -1.13. The van der Waals surface area contributed by atoms with Gasteiger partial charge in [0.1, 0.15) is 11.3 Å². The van der Waals surface area contributed by atoms with Crippen molar-refractivity contribution < 1.29 is 19.4 Å². The lowest BCUT2D eigenvalue weighted by Crippen LogP contribution is -2.31. The molecule has 8 nitrogen and oxygen atoms in total. The van der Waals surface area contributed by atoms with Crippen LogP contribution in [0.15, 0.2) is 23.0 Å². The van der Waals surface area contributed by atoms with Crippen LogP contribution in [0.3, 0.4) is 0 Å². The molecule has 0 saturated heterocycles. The zero-order valence-corrected chi connectivity index (χ0v) is 14.5. The van der Waals surface area contributed by atoms with Crippen LogP contribution in [0, 0.1) is 13.8 Å². The van der Waals surface area contributed by atoms with Gasteiger partial charge in [0.15, 0.2) is 6.61 Å². The van der Waals surface area contributed by atoms with Crippen LogP contribution >= 0.6 is 11.6 Å². The monoisotopic (exact) mass is 365 g/mol. The first kappa shape index (κ1) is 18.5. The molecule has 0 aliphatic carbocycles. The lowest BCUT2D eigenvalue weighted by molar-refractivity contribution is -0.139. The van der Waals surface area contributed by atoms with Gasteiger partial charge in [0.25, 0.3) is 11.5 Å². The maximum absolute atomic E-state index is 12.5. The average Bonchev–Trinajstić information content (AvgIpc) is 2.52. The number of rotatable bonds is 5. The molecule has 0 spiro atoms. The summed E-state index contributed by atoms with van der Waals surface area (Å²) in [5, 5.41) is 15.3. The maximum atomic E-state index is 12.5. The first-order valence-electron chi connectivity index (χ1n) is 7.20. The van der Waals surface area contributed by atoms with Gasteiger partial charge in [-0.25, -0.2) is 9.48 Å². The number of benzene rings is 1. The highest BCUT2D eigenvalue weighted by molar-refractivity contribution is 6.32. The molecule has 1 amide bonds. The number of carboxylic acids is 1. The normalized spacial score (nSPS) is 10.4. The molecule has 2 rings (SSSR count). The van der Waals surface area contributed by atoms with Crippen molar-refractivity contribution in [3.63, 3.8) is 0 Å². The van der Waals surface area contributed by atoms with E-state index in [1.807, 2.05) is 0 Å². The first-order valence-corrected chi connectivity index (χ1v) is 7.58. The van der Waals surface area contributed by atoms with Gasteiger partial charge in [0, 0.05) is 12.7 Å². The number of hydrogen-bond donors (Lipinski definition) is 2. The van der Waals surface area contributed by atoms with E-state index in [1.165, 1.54) is 25.2 Å². The fourth-order valence-corrected chi connectivity index (χ4v) is 2.38. The van der Waals surface area contributed by atoms with E-state index in [0.717, 1.165) is 4.68 Å². The van der Waals surface area contributed by atoms with E-state index in [2.05, 4.69) is 10.4 Å². The topological polar surface area (TPSA) is 111 Å². The van der Waals surface area contributed by atoms with Crippen molar-refractivity contribution in [1.29, 1.82) is 0 Å². The molecular formula is C16H16ClN3O5. The van der Waals surface area contributed by atoms with Crippen molar-refractivity contribution in [2.45, 2.75) is 13.8 Å². The fourth-order valence-electron chi connectivity index (χ4n) is 2.14. The highest BCUT2D eigenvalue weighted by atomic mass is 35.5. The lowest BCUT2D eigenvalue weighted by atomic mass is 10.1. The van der Waals surface area contributed by atoms with Gasteiger partial charge in [0.05, 0.1) is 10.7 Å². The van der Waals surface area contributed by atoms with E-state index in [9.17, 15) is 14.4 Å². The minimum Gasteiger partial charge on any atom is -0.480 e. The minimum absolute atomic E-state index is 0.00248. The van der Waals surface area contributed by atoms with Crippen molar-refractivity contribution in [2.75, 3.05) is 11.9 Å². The largest absolute Gasteiger partial charge is 0.480 e. The Labute approximate surface area is 148 Å². The number of nitrogens with zero attached hydrogens (tertiary/aromatic N) is 2. The Morgan fingerprint density at radius 3 is 2.64 bits per heavy atom. The van der Waals surface area contributed by atoms with Crippen molar-refractivity contribution >= 4 is 29.2 Å². The lowest BCUT2D eigenvalue weighted by Gasteiger charge is -2.11. The summed E-state index contributed by atoms with van der Waals surface area (Å²) in [6.07, 6.45) is 0. The number of aliphatic carboxylic acids is 1. The molecule has 0 saturated carbocycles. The molecule has 2 aromatic rings. The number of nitrogens with one attached hydrogen (secondary N) is 1. The van der Waals surface area contributed by atoms with Gasteiger partial charge in [-0.05, 0) is 37.6 Å². The smallest absolute Gasteiger partial charge is 0.341 e. The Morgan fingerprint density at radius 1 is 1.36 bits per heavy atom. The number of hydrogen-bond acceptors (Lipinski definition) is 5. The quantitative estimate of drug-likeness (QED) is 0.835. The zero-order chi connectivity index (χ0) is 18.7. The van der Waals surface area contributed by atoms with Crippen LogP contribution < -0.4 is 15.6 Å². The van der Waals surface area contributed by atoms with Crippen molar-refractivity contribution in [2.24, 2.45) is 7.05 Å². The highest BCUT2D eigenvalue weighted by Crippen LogP contribution is 2.28. The number of halogens is 1. The van der Waals surface area contributed by atoms with Crippen LogP contribution in [0.1, 0.15) is 21.6 Å². The third-order valence-corrected chi connectivity index (χ3v) is 3.79. The van der Waals surface area contributed by atoms with Gasteiger partial charge in [-0.3, -0.25) is 9.59 Å². The molecule has 2 N–H and O–H groups in total. The molecule has 0 unspecified atom stereocenters. The van der Waals surface area contributed by atoms with E-state index >= 15 is 0 Å². The van der Waals surface area contributed by atoms with Gasteiger partial charge >= 0.3 is 5.97 Å². The van der Waals surface area contributed by atoms with E-state index in [-0.39, 0.29) is 16.3 Å². The third kappa shape index (κ3) is 4.16. The molecule has 9 heteroatoms. The third-order valence-electron chi connectivity index (χ3n) is 3.49. The molecule has 1 heterocycles. The molecule has 0 aliphatic rings. The van der Waals surface area contributed by atoms with Gasteiger partial charge in [0.2, 0.25) is 0 Å². The molecule has 0 bridgehead atoms. The summed E-state index contributed by atoms with van der Waals surface area (Å²) in [6.45, 7) is 2.82. The number of amides is 1. The summed E-state index contributed by atoms with van der Waals surface area (Å²) in [6, 6.07) is 4.34. The summed E-state index contributed by atoms with van der Waals surface area (Å²) in [4.78, 5) is 35.2. The number of carbonyl (C=O) groups excluding carboxylic acids is 1. The molecule has 1 aromatic carbocycles. The highest BCUT2D eigenvalue weighted by Gasteiger charge is 2.18. The Morgan fingerprint density at radius 2 is 2.04 bits per heavy atom. The number of aryl methyl sites for hydroxylation is 2. The van der Waals surface area contributed by atoms with Crippen LogP contribution in [0.5, 0.6) is 5.75 Å². The Hall–Kier alpha value is -2.87. The van der Waals surface area contributed by atoms with Crippen LogP contribution in [0.25, 0.3) is 0 Å². The van der Waals surface area contributed by atoms with Crippen LogP contribution in [0.4, 0.5) is 5.69 Å². The summed E-state index contributed by atoms with van der Waals surface area (Å²) in [7, 11) is 1.47. The first-order chi connectivity index (χ1) is 11.7. The second-order valence-electron chi connectivity index (χ2n) is 5.30. The van der Waals surface area contributed by atoms with Crippen LogP contribution in [-0.2, 0) is 11.8 Å². The van der Waals surface area contributed by atoms with Crippen molar-refractivity contribution in [1.82, 2.24) is 9.78 Å². The molecule has 132 valence electrons. The molecule has 0 atom stereocenters. The van der Waals surface area contributed by atoms with Gasteiger partial charge in [-0.15, -0.1) is 0 Å². The summed E-state index contributed by atoms with van der Waals surface area (Å²) in [5.74, 6) is -1.54. The summed E-state index contributed by atoms with van der Waals surface area (Å²) < 4.78 is 6.11. The second-order valence-corrected chi connectivity index (χ2v) is 5.70. The molecule has 25 heavy (non-hydrogen) atoms. The Bertz CT molecular complexity index is 907. The Kier molecular flexibility index (Phi) is 5.43. The molecule has 1 aromatic heterocycles. The van der Waals surface area contributed by atoms with Gasteiger partial charge < -0.3 is 15.2 Å². The van der Waals surface area contributed by atoms with Gasteiger partial charge in [-0.1, -0.05) is 11.6 Å². The fraction of sp³-hybridized carbons (Fsp3) is 0.250. The van der Waals surface area contributed by atoms with E-state index in [0.29, 0.717) is 16.9 Å². The van der Waals surface area contributed by atoms with E-state index < -0.39 is 24.0 Å². The maximum Gasteiger partial charge on any atom is 0.341 e. The van der Waals surface area contributed by atoms with Crippen molar-refractivity contribution in [3.8, 4) is 5.75 Å². The molecule has 0 aliphatic heterocycles. The van der Waals surface area contributed by atoms with Crippen LogP contribution in [-0.4, -0.2) is 33.4 Å². The number of aromatic nitrogens is 2. The zero-order valence-electron chi connectivity index (χ0n) is 13.8. The second kappa shape index (κ2) is 7.35. The predicted octanol–water partition coefficient (Wildman–Crippen LogP) is 1.77. The Balaban J connectivity index is 2.26. The predicted molar refractivity (Wildman–Crippen MR) is 91.5 cm³/mol. The molecular weight excluding hydrogens is 350 g/mol. The number of carboxylic acid groups (broad SMARTS) is 1. The number of ether oxygens (including phenoxy) is 1.